The number of hydrogen-bond donors (Lipinski definition) is 1. The van der Waals surface area contributed by atoms with E-state index < -0.39 is 0 Å². The van der Waals surface area contributed by atoms with Crippen molar-refractivity contribution in [1.82, 2.24) is 5.32 Å². The molecular formula is C23H31NO. The maximum Gasteiger partial charge on any atom is 0.244 e. The Labute approximate surface area is 152 Å². The lowest BCUT2D eigenvalue weighted by Crippen LogP contribution is -2.55. The Balaban J connectivity index is 1.38. The fourth-order valence-corrected chi connectivity index (χ4v) is 6.16. The lowest BCUT2D eigenvalue weighted by atomic mass is 9.48. The first-order valence-corrected chi connectivity index (χ1v) is 10.1. The Morgan fingerprint density at radius 2 is 1.68 bits per heavy atom. The van der Waals surface area contributed by atoms with Crippen molar-refractivity contribution in [3.63, 3.8) is 0 Å². The van der Waals surface area contributed by atoms with Crippen molar-refractivity contribution in [2.75, 3.05) is 0 Å². The van der Waals surface area contributed by atoms with Crippen LogP contribution in [-0.4, -0.2) is 11.9 Å². The Morgan fingerprint density at radius 1 is 1.12 bits per heavy atom. The second-order valence-electron chi connectivity index (χ2n) is 8.94. The van der Waals surface area contributed by atoms with E-state index in [1.165, 1.54) is 44.1 Å². The molecule has 2 nitrogen and oxygen atoms in total. The molecule has 4 aliphatic rings. The van der Waals surface area contributed by atoms with Gasteiger partial charge in [0.2, 0.25) is 5.91 Å². The number of benzene rings is 1. The Kier molecular flexibility index (Phi) is 4.47. The minimum Gasteiger partial charge on any atom is -0.350 e. The van der Waals surface area contributed by atoms with E-state index >= 15 is 0 Å². The van der Waals surface area contributed by atoms with Gasteiger partial charge < -0.3 is 5.32 Å². The molecule has 0 radical (unpaired) electrons. The molecule has 4 saturated carbocycles. The minimum atomic E-state index is 0.0582. The molecule has 0 saturated heterocycles. The first-order valence-electron chi connectivity index (χ1n) is 10.1. The fraction of sp³-hybridized carbons (Fsp3) is 0.609. The average Bonchev–Trinajstić information content (AvgIpc) is 2.59. The predicted octanol–water partition coefficient (Wildman–Crippen LogP) is 4.98. The van der Waals surface area contributed by atoms with Crippen molar-refractivity contribution in [2.24, 2.45) is 23.2 Å². The van der Waals surface area contributed by atoms with Gasteiger partial charge in [-0.25, -0.2) is 0 Å². The molecule has 5 rings (SSSR count). The normalized spacial score (nSPS) is 34.4. The van der Waals surface area contributed by atoms with Crippen molar-refractivity contribution in [3.05, 3.63) is 41.5 Å². The minimum absolute atomic E-state index is 0.0582. The summed E-state index contributed by atoms with van der Waals surface area (Å²) >= 11 is 0. The van der Waals surface area contributed by atoms with Gasteiger partial charge in [0.05, 0.1) is 0 Å². The number of carbonyl (C=O) groups excluding carboxylic acids is 1. The van der Waals surface area contributed by atoms with Crippen molar-refractivity contribution >= 4 is 12.0 Å². The zero-order valence-electron chi connectivity index (χ0n) is 15.6. The standard InChI is InChI=1S/C23H31NO/c1-3-17-4-6-18(7-5-17)8-9-22(25)24-16(2)23-13-19-10-20(14-23)12-21(11-19)15-23/h4-9,16,19-21H,3,10-15H2,1-2H3,(H,24,25)/b9-8+/t16-,19?,20?,21?,23?/m1/s1. The first-order chi connectivity index (χ1) is 12.1. The topological polar surface area (TPSA) is 29.1 Å². The summed E-state index contributed by atoms with van der Waals surface area (Å²) in [6, 6.07) is 8.74. The van der Waals surface area contributed by atoms with Gasteiger partial charge in [-0.1, -0.05) is 31.2 Å². The van der Waals surface area contributed by atoms with Crippen LogP contribution in [0.4, 0.5) is 0 Å². The van der Waals surface area contributed by atoms with E-state index in [9.17, 15) is 4.79 Å². The van der Waals surface area contributed by atoms with Crippen LogP contribution in [-0.2, 0) is 11.2 Å². The smallest absolute Gasteiger partial charge is 0.244 e. The zero-order valence-corrected chi connectivity index (χ0v) is 15.6. The van der Waals surface area contributed by atoms with Crippen LogP contribution in [0.1, 0.15) is 63.5 Å². The van der Waals surface area contributed by atoms with Crippen molar-refractivity contribution in [1.29, 1.82) is 0 Å². The molecule has 0 heterocycles. The molecular weight excluding hydrogens is 306 g/mol. The maximum atomic E-state index is 12.4. The average molecular weight is 338 g/mol. The SMILES string of the molecule is CCc1ccc(/C=C/C(=O)N[C@H](C)C23CC4CC(CC(C4)C2)C3)cc1. The van der Waals surface area contributed by atoms with E-state index in [4.69, 9.17) is 0 Å². The van der Waals surface area contributed by atoms with Crippen molar-refractivity contribution in [2.45, 2.75) is 64.8 Å². The van der Waals surface area contributed by atoms with Crippen LogP contribution >= 0.6 is 0 Å². The zero-order chi connectivity index (χ0) is 17.4. The number of hydrogen-bond acceptors (Lipinski definition) is 1. The van der Waals surface area contributed by atoms with Crippen LogP contribution in [0.3, 0.4) is 0 Å². The van der Waals surface area contributed by atoms with Gasteiger partial charge in [-0.05, 0) is 92.2 Å². The Hall–Kier alpha value is -1.57. The van der Waals surface area contributed by atoms with Gasteiger partial charge in [-0.3, -0.25) is 4.79 Å². The molecule has 25 heavy (non-hydrogen) atoms. The first kappa shape index (κ1) is 16.9. The van der Waals surface area contributed by atoms with Crippen molar-refractivity contribution < 1.29 is 4.79 Å². The summed E-state index contributed by atoms with van der Waals surface area (Å²) in [7, 11) is 0. The number of carbonyl (C=O) groups is 1. The summed E-state index contributed by atoms with van der Waals surface area (Å²) in [6.07, 6.45) is 13.1. The molecule has 4 bridgehead atoms. The lowest BCUT2D eigenvalue weighted by molar-refractivity contribution is -0.121. The summed E-state index contributed by atoms with van der Waals surface area (Å²) in [5.74, 6) is 2.84. The van der Waals surface area contributed by atoms with Gasteiger partial charge in [-0.15, -0.1) is 0 Å². The van der Waals surface area contributed by atoms with Crippen LogP contribution in [0, 0.1) is 23.2 Å². The van der Waals surface area contributed by atoms with Crippen LogP contribution in [0.15, 0.2) is 30.3 Å². The summed E-state index contributed by atoms with van der Waals surface area (Å²) < 4.78 is 0. The fourth-order valence-electron chi connectivity index (χ4n) is 6.16. The molecule has 0 aromatic heterocycles. The summed E-state index contributed by atoms with van der Waals surface area (Å²) in [5.41, 5.74) is 2.80. The number of rotatable bonds is 5. The molecule has 1 aromatic carbocycles. The highest BCUT2D eigenvalue weighted by molar-refractivity contribution is 5.91. The highest BCUT2D eigenvalue weighted by Gasteiger charge is 2.53. The summed E-state index contributed by atoms with van der Waals surface area (Å²) in [6.45, 7) is 4.40. The van der Waals surface area contributed by atoms with E-state index in [1.54, 1.807) is 6.08 Å². The van der Waals surface area contributed by atoms with E-state index in [-0.39, 0.29) is 5.91 Å². The number of amides is 1. The quantitative estimate of drug-likeness (QED) is 0.754. The third-order valence-corrected chi connectivity index (χ3v) is 7.18. The van der Waals surface area contributed by atoms with Gasteiger partial charge in [0, 0.05) is 12.1 Å². The predicted molar refractivity (Wildman–Crippen MR) is 103 cm³/mol. The molecule has 0 aliphatic heterocycles. The van der Waals surface area contributed by atoms with Crippen LogP contribution in [0.2, 0.25) is 0 Å². The van der Waals surface area contributed by atoms with Gasteiger partial charge >= 0.3 is 0 Å². The molecule has 1 amide bonds. The number of nitrogens with one attached hydrogen (secondary N) is 1. The maximum absolute atomic E-state index is 12.4. The molecule has 4 aliphatic carbocycles. The molecule has 0 spiro atoms. The molecule has 1 aromatic rings. The second-order valence-corrected chi connectivity index (χ2v) is 8.94. The Morgan fingerprint density at radius 3 is 2.20 bits per heavy atom. The number of aryl methyl sites for hydroxylation is 1. The van der Waals surface area contributed by atoms with Crippen LogP contribution in [0.25, 0.3) is 6.08 Å². The highest BCUT2D eigenvalue weighted by Crippen LogP contribution is 2.61. The molecule has 1 atom stereocenters. The van der Waals surface area contributed by atoms with Gasteiger partial charge in [0.1, 0.15) is 0 Å². The van der Waals surface area contributed by atoms with E-state index in [2.05, 4.69) is 43.4 Å². The summed E-state index contributed by atoms with van der Waals surface area (Å²) in [4.78, 5) is 12.4. The van der Waals surface area contributed by atoms with E-state index in [0.717, 1.165) is 29.7 Å². The molecule has 0 unspecified atom stereocenters. The lowest BCUT2D eigenvalue weighted by Gasteiger charge is -2.59. The van der Waals surface area contributed by atoms with E-state index in [0.29, 0.717) is 11.5 Å². The van der Waals surface area contributed by atoms with E-state index in [1.807, 2.05) is 6.08 Å². The third-order valence-electron chi connectivity index (χ3n) is 7.18. The summed E-state index contributed by atoms with van der Waals surface area (Å²) in [5, 5.41) is 3.30. The third kappa shape index (κ3) is 3.41. The molecule has 134 valence electrons. The van der Waals surface area contributed by atoms with Gasteiger partial charge in [-0.2, -0.15) is 0 Å². The second kappa shape index (κ2) is 6.63. The highest BCUT2D eigenvalue weighted by atomic mass is 16.1. The van der Waals surface area contributed by atoms with Crippen molar-refractivity contribution in [3.8, 4) is 0 Å². The Bertz CT molecular complexity index is 622. The molecule has 1 N–H and O–H groups in total. The molecule has 2 heteroatoms. The van der Waals surface area contributed by atoms with Gasteiger partial charge in [0.15, 0.2) is 0 Å². The van der Waals surface area contributed by atoms with Crippen LogP contribution in [0.5, 0.6) is 0 Å². The van der Waals surface area contributed by atoms with Gasteiger partial charge in [0.25, 0.3) is 0 Å². The van der Waals surface area contributed by atoms with Crippen LogP contribution < -0.4 is 5.32 Å². The molecule has 4 fully saturated rings. The monoisotopic (exact) mass is 337 g/mol. The largest absolute Gasteiger partial charge is 0.350 e.